The monoisotopic (exact) mass is 392 g/mol. The molecular weight excluding hydrogens is 372 g/mol. The van der Waals surface area contributed by atoms with Gasteiger partial charge >= 0.3 is 0 Å². The van der Waals surface area contributed by atoms with E-state index in [1.165, 1.54) is 0 Å². The summed E-state index contributed by atoms with van der Waals surface area (Å²) in [6, 6.07) is 25.5. The van der Waals surface area contributed by atoms with Crippen LogP contribution in [-0.2, 0) is 0 Å². The highest BCUT2D eigenvalue weighted by atomic mass is 16.1. The average Bonchev–Trinajstić information content (AvgIpc) is 3.16. The maximum atomic E-state index is 12.9. The minimum Gasteiger partial charge on any atom is -0.382 e. The van der Waals surface area contributed by atoms with Gasteiger partial charge in [0.25, 0.3) is 5.91 Å². The number of nitrogens with zero attached hydrogens (tertiary/aromatic N) is 1. The molecule has 0 radical (unpaired) electrons. The molecule has 5 heteroatoms. The van der Waals surface area contributed by atoms with E-state index in [-0.39, 0.29) is 5.91 Å². The van der Waals surface area contributed by atoms with Gasteiger partial charge in [-0.3, -0.25) is 9.89 Å². The molecule has 5 nitrogen and oxygen atoms in total. The van der Waals surface area contributed by atoms with Crippen LogP contribution in [0, 0.1) is 6.92 Å². The molecular formula is C25H20N4O. The Hall–Kier alpha value is -4.12. The Kier molecular flexibility index (Phi) is 4.21. The Morgan fingerprint density at radius 2 is 1.80 bits per heavy atom. The van der Waals surface area contributed by atoms with Crippen LogP contribution in [0.3, 0.4) is 0 Å². The predicted octanol–water partition coefficient (Wildman–Crippen LogP) is 5.53. The first kappa shape index (κ1) is 17.9. The minimum atomic E-state index is -0.128. The molecule has 0 spiro atoms. The first-order chi connectivity index (χ1) is 14.6. The van der Waals surface area contributed by atoms with Gasteiger partial charge in [0.2, 0.25) is 0 Å². The van der Waals surface area contributed by atoms with Crippen molar-refractivity contribution in [3.05, 3.63) is 90.0 Å². The highest BCUT2D eigenvalue weighted by molar-refractivity contribution is 6.13. The number of nitrogens with two attached hydrogens (primary N) is 1. The number of para-hydroxylation sites is 1. The number of carbonyl (C=O) groups excluding carboxylic acids is 1. The van der Waals surface area contributed by atoms with Gasteiger partial charge in [-0.25, -0.2) is 0 Å². The lowest BCUT2D eigenvalue weighted by molar-refractivity contribution is 0.102. The summed E-state index contributed by atoms with van der Waals surface area (Å²) in [5, 5.41) is 13.0. The van der Waals surface area contributed by atoms with E-state index in [9.17, 15) is 4.79 Å². The lowest BCUT2D eigenvalue weighted by Crippen LogP contribution is -2.12. The number of hydrogen-bond donors (Lipinski definition) is 3. The molecule has 30 heavy (non-hydrogen) atoms. The number of H-pyrrole nitrogens is 1. The molecule has 0 saturated heterocycles. The number of rotatable bonds is 3. The molecule has 0 bridgehead atoms. The van der Waals surface area contributed by atoms with E-state index in [0.717, 1.165) is 44.1 Å². The Labute approximate surface area is 173 Å². The number of aromatic nitrogens is 2. The predicted molar refractivity (Wildman–Crippen MR) is 123 cm³/mol. The fourth-order valence-electron chi connectivity index (χ4n) is 3.90. The molecule has 0 aliphatic heterocycles. The van der Waals surface area contributed by atoms with E-state index in [4.69, 9.17) is 5.73 Å². The summed E-state index contributed by atoms with van der Waals surface area (Å²) in [4.78, 5) is 12.9. The van der Waals surface area contributed by atoms with Crippen LogP contribution in [0.2, 0.25) is 0 Å². The molecule has 1 aromatic heterocycles. The number of aromatic amines is 1. The molecule has 0 aliphatic carbocycles. The van der Waals surface area contributed by atoms with Crippen molar-refractivity contribution in [1.29, 1.82) is 0 Å². The first-order valence-electron chi connectivity index (χ1n) is 9.74. The standard InChI is InChI=1S/C25H20N4O/c1-15-10-12-20(22-23(15)28-29-24(22)26)17-11-13-19-16(14-17)6-5-9-21(19)25(30)27-18-7-3-2-4-8-18/h2-14H,1H3,(H,27,30)(H3,26,28,29). The summed E-state index contributed by atoms with van der Waals surface area (Å²) in [5.41, 5.74) is 11.6. The molecule has 5 rings (SSSR count). The van der Waals surface area contributed by atoms with E-state index in [1.807, 2.05) is 67.6 Å². The van der Waals surface area contributed by atoms with Gasteiger partial charge in [0.1, 0.15) is 0 Å². The number of nitrogens with one attached hydrogen (secondary N) is 2. The van der Waals surface area contributed by atoms with Crippen molar-refractivity contribution in [2.24, 2.45) is 0 Å². The van der Waals surface area contributed by atoms with Crippen molar-refractivity contribution in [3.8, 4) is 11.1 Å². The molecule has 0 aliphatic rings. The number of carbonyl (C=O) groups is 1. The van der Waals surface area contributed by atoms with Gasteiger partial charge in [-0.1, -0.05) is 54.6 Å². The van der Waals surface area contributed by atoms with Crippen molar-refractivity contribution in [1.82, 2.24) is 10.2 Å². The summed E-state index contributed by atoms with van der Waals surface area (Å²) in [6.07, 6.45) is 0. The van der Waals surface area contributed by atoms with E-state index in [2.05, 4.69) is 33.7 Å². The van der Waals surface area contributed by atoms with Crippen molar-refractivity contribution in [2.75, 3.05) is 11.1 Å². The lowest BCUT2D eigenvalue weighted by atomic mass is 9.95. The highest BCUT2D eigenvalue weighted by Crippen LogP contribution is 2.35. The molecule has 1 amide bonds. The summed E-state index contributed by atoms with van der Waals surface area (Å²) >= 11 is 0. The summed E-state index contributed by atoms with van der Waals surface area (Å²) in [5.74, 6) is 0.358. The molecule has 0 fully saturated rings. The zero-order chi connectivity index (χ0) is 20.7. The first-order valence-corrected chi connectivity index (χ1v) is 9.74. The van der Waals surface area contributed by atoms with Crippen molar-refractivity contribution in [3.63, 3.8) is 0 Å². The van der Waals surface area contributed by atoms with Crippen LogP contribution in [0.1, 0.15) is 15.9 Å². The molecule has 0 unspecified atom stereocenters. The van der Waals surface area contributed by atoms with E-state index in [0.29, 0.717) is 11.4 Å². The summed E-state index contributed by atoms with van der Waals surface area (Å²) in [6.45, 7) is 2.03. The van der Waals surface area contributed by atoms with Gasteiger partial charge < -0.3 is 11.1 Å². The van der Waals surface area contributed by atoms with E-state index >= 15 is 0 Å². The van der Waals surface area contributed by atoms with Gasteiger partial charge in [0.05, 0.1) is 10.9 Å². The maximum Gasteiger partial charge on any atom is 0.256 e. The molecule has 0 saturated carbocycles. The Morgan fingerprint density at radius 1 is 0.967 bits per heavy atom. The third kappa shape index (κ3) is 2.97. The van der Waals surface area contributed by atoms with Crippen molar-refractivity contribution < 1.29 is 4.79 Å². The molecule has 1 heterocycles. The third-order valence-corrected chi connectivity index (χ3v) is 5.43. The summed E-state index contributed by atoms with van der Waals surface area (Å²) < 4.78 is 0. The van der Waals surface area contributed by atoms with Crippen molar-refractivity contribution in [2.45, 2.75) is 6.92 Å². The van der Waals surface area contributed by atoms with E-state index < -0.39 is 0 Å². The normalized spacial score (nSPS) is 11.1. The van der Waals surface area contributed by atoms with Crippen molar-refractivity contribution >= 4 is 39.1 Å². The van der Waals surface area contributed by atoms with Crippen LogP contribution in [0.15, 0.2) is 78.9 Å². The Balaban J connectivity index is 1.59. The second kappa shape index (κ2) is 7.04. The van der Waals surface area contributed by atoms with Crippen LogP contribution in [-0.4, -0.2) is 16.1 Å². The minimum absolute atomic E-state index is 0.128. The van der Waals surface area contributed by atoms with Gasteiger partial charge in [-0.2, -0.15) is 5.10 Å². The zero-order valence-electron chi connectivity index (χ0n) is 16.4. The molecule has 4 aromatic carbocycles. The number of fused-ring (bicyclic) bond motifs is 2. The SMILES string of the molecule is Cc1ccc(-c2ccc3c(C(=O)Nc4ccccc4)cccc3c2)c2c(N)n[nH]c12. The third-order valence-electron chi connectivity index (χ3n) is 5.43. The second-order valence-electron chi connectivity index (χ2n) is 7.35. The summed E-state index contributed by atoms with van der Waals surface area (Å²) in [7, 11) is 0. The second-order valence-corrected chi connectivity index (χ2v) is 7.35. The average molecular weight is 392 g/mol. The van der Waals surface area contributed by atoms with Crippen LogP contribution >= 0.6 is 0 Å². The van der Waals surface area contributed by atoms with Gasteiger partial charge in [0, 0.05) is 11.3 Å². The zero-order valence-corrected chi connectivity index (χ0v) is 16.4. The number of nitrogen functional groups attached to an aromatic ring is 1. The van der Waals surface area contributed by atoms with Crippen LogP contribution in [0.25, 0.3) is 32.8 Å². The van der Waals surface area contributed by atoms with Gasteiger partial charge in [-0.05, 0) is 58.7 Å². The Morgan fingerprint density at radius 3 is 2.63 bits per heavy atom. The lowest BCUT2D eigenvalue weighted by Gasteiger charge is -2.11. The van der Waals surface area contributed by atoms with Gasteiger partial charge in [0.15, 0.2) is 5.82 Å². The Bertz CT molecular complexity index is 1400. The maximum absolute atomic E-state index is 12.9. The number of hydrogen-bond acceptors (Lipinski definition) is 3. The van der Waals surface area contributed by atoms with E-state index in [1.54, 1.807) is 0 Å². The van der Waals surface area contributed by atoms with Crippen LogP contribution < -0.4 is 11.1 Å². The smallest absolute Gasteiger partial charge is 0.256 e. The highest BCUT2D eigenvalue weighted by Gasteiger charge is 2.14. The quantitative estimate of drug-likeness (QED) is 0.378. The number of aryl methyl sites for hydroxylation is 1. The number of benzene rings is 4. The topological polar surface area (TPSA) is 83.8 Å². The number of amides is 1. The molecule has 4 N–H and O–H groups in total. The molecule has 5 aromatic rings. The largest absolute Gasteiger partial charge is 0.382 e. The van der Waals surface area contributed by atoms with Crippen LogP contribution in [0.5, 0.6) is 0 Å². The fraction of sp³-hybridized carbons (Fsp3) is 0.0400. The fourth-order valence-corrected chi connectivity index (χ4v) is 3.90. The van der Waals surface area contributed by atoms with Crippen LogP contribution in [0.4, 0.5) is 11.5 Å². The van der Waals surface area contributed by atoms with Gasteiger partial charge in [-0.15, -0.1) is 0 Å². The molecule has 146 valence electrons. The molecule has 0 atom stereocenters. The number of anilines is 2.